The first-order chi connectivity index (χ1) is 50.1. The molecule has 15 amide bonds. The lowest BCUT2D eigenvalue weighted by molar-refractivity contribution is -0.142. The number of nitrogens with one attached hydrogen (secondary N) is 16. The molecule has 1 heterocycles. The van der Waals surface area contributed by atoms with Gasteiger partial charge in [-0.05, 0) is 134 Å². The number of carboxylic acid groups (broad SMARTS) is 1. The molecule has 106 heavy (non-hydrogen) atoms. The van der Waals surface area contributed by atoms with Gasteiger partial charge in [-0.25, -0.2) is 4.98 Å². The van der Waals surface area contributed by atoms with Crippen molar-refractivity contribution in [2.75, 3.05) is 57.8 Å². The van der Waals surface area contributed by atoms with Crippen molar-refractivity contribution in [2.24, 2.45) is 33.8 Å². The van der Waals surface area contributed by atoms with Gasteiger partial charge >= 0.3 is 5.97 Å². The molecular formula is C65H106N22O18S. The van der Waals surface area contributed by atoms with E-state index in [9.17, 15) is 86.9 Å². The Morgan fingerprint density at radius 1 is 0.472 bits per heavy atom. The minimum atomic E-state index is -1.46. The van der Waals surface area contributed by atoms with Crippen molar-refractivity contribution in [1.29, 1.82) is 0 Å². The number of aromatic hydroxyl groups is 1. The zero-order valence-corrected chi connectivity index (χ0v) is 61.7. The molecule has 40 nitrogen and oxygen atoms in total. The van der Waals surface area contributed by atoms with Gasteiger partial charge < -0.3 is 118 Å². The van der Waals surface area contributed by atoms with E-state index < -0.39 is 187 Å². The number of H-pyrrole nitrogens is 1. The maximum Gasteiger partial charge on any atom is 0.325 e. The van der Waals surface area contributed by atoms with Crippen molar-refractivity contribution >= 4 is 112 Å². The molecule has 1 aromatic heterocycles. The van der Waals surface area contributed by atoms with Crippen LogP contribution in [0.1, 0.15) is 118 Å². The van der Waals surface area contributed by atoms with Crippen LogP contribution in [0.4, 0.5) is 0 Å². The molecule has 2 aromatic rings. The molecule has 2 rings (SSSR count). The zero-order chi connectivity index (χ0) is 79.6. The summed E-state index contributed by atoms with van der Waals surface area (Å²) in [6.07, 6.45) is 6.00. The molecule has 590 valence electrons. The Kier molecular flexibility index (Phi) is 42.3. The number of carboxylic acids is 1. The van der Waals surface area contributed by atoms with Crippen molar-refractivity contribution in [3.8, 4) is 5.75 Å². The molecule has 1 aromatic carbocycles. The second kappa shape index (κ2) is 49.1. The Bertz CT molecular complexity index is 3310. The van der Waals surface area contributed by atoms with Crippen LogP contribution in [0.2, 0.25) is 0 Å². The number of carbonyl (C=O) groups excluding carboxylic acids is 15. The van der Waals surface area contributed by atoms with E-state index in [1.54, 1.807) is 20.1 Å². The maximum atomic E-state index is 14.2. The molecule has 26 N–H and O–H groups in total. The number of thioether (sulfide) groups is 1. The van der Waals surface area contributed by atoms with Crippen LogP contribution in [0, 0.1) is 5.92 Å². The highest BCUT2D eigenvalue weighted by molar-refractivity contribution is 7.98. The molecule has 0 aliphatic rings. The molecule has 0 aliphatic carbocycles. The van der Waals surface area contributed by atoms with Gasteiger partial charge in [-0.1, -0.05) is 26.0 Å². The highest BCUT2D eigenvalue weighted by Crippen LogP contribution is 2.14. The summed E-state index contributed by atoms with van der Waals surface area (Å²) in [7, 11) is 0. The number of amides is 15. The van der Waals surface area contributed by atoms with Gasteiger partial charge in [0, 0.05) is 38.2 Å². The summed E-state index contributed by atoms with van der Waals surface area (Å²) >= 11 is 1.33. The number of guanidine groups is 1. The normalized spacial score (nSPS) is 14.0. The number of aliphatic imine (C=N–C) groups is 1. The molecule has 0 fully saturated rings. The number of nitrogens with two attached hydrogens (primary N) is 4. The van der Waals surface area contributed by atoms with Gasteiger partial charge in [0.25, 0.3) is 0 Å². The average molecular weight is 1520 g/mol. The van der Waals surface area contributed by atoms with Gasteiger partial charge in [-0.15, -0.1) is 0 Å². The van der Waals surface area contributed by atoms with Crippen molar-refractivity contribution < 1.29 is 86.9 Å². The largest absolute Gasteiger partial charge is 0.508 e. The number of aromatic amines is 1. The predicted octanol–water partition coefficient (Wildman–Crippen LogP) is -7.40. The van der Waals surface area contributed by atoms with E-state index in [4.69, 9.17) is 22.9 Å². The first-order valence-electron chi connectivity index (χ1n) is 34.4. The Morgan fingerprint density at radius 2 is 0.877 bits per heavy atom. The minimum absolute atomic E-state index is 0.0218. The number of aliphatic carboxylic acids is 1. The van der Waals surface area contributed by atoms with Gasteiger partial charge in [0.15, 0.2) is 5.96 Å². The summed E-state index contributed by atoms with van der Waals surface area (Å²) in [5, 5.41) is 56.3. The highest BCUT2D eigenvalue weighted by atomic mass is 32.2. The Labute approximate surface area is 617 Å². The molecule has 0 spiro atoms. The third-order valence-electron chi connectivity index (χ3n) is 15.7. The summed E-state index contributed by atoms with van der Waals surface area (Å²) in [6, 6.07) is -8.51. The SMILES string of the molecule is CSCC[C@H](NC(=O)CNC(=O)CNC(=O)[C@H](Cc1ccc(O)cc1)NC(=O)[C@H](CCCCN)NC(=O)[C@H](C)NC(=O)[C@H](Cc1cnc[nH]1)NC(=O)CNC(=O)CNC(=O)[C@H](CCCCN)NC(=O)[C@@H](NC(C)=O)C(C)C)C(=O)N[C@@H](C)C(=O)N[C@@H](C)C(=O)N[C@@H](CCCN=C(N)N)C(=O)N[C@@H](C)C(=O)O. The fourth-order valence-electron chi connectivity index (χ4n) is 9.68. The van der Waals surface area contributed by atoms with Crippen LogP contribution >= 0.6 is 11.8 Å². The minimum Gasteiger partial charge on any atom is -0.508 e. The van der Waals surface area contributed by atoms with E-state index in [1.807, 2.05) is 0 Å². The fraction of sp³-hybridized carbons (Fsp3) is 0.600. The number of nitrogens with zero attached hydrogens (tertiary/aromatic N) is 2. The number of phenolic OH excluding ortho intramolecular Hbond substituents is 1. The molecule has 0 saturated carbocycles. The maximum absolute atomic E-state index is 14.2. The smallest absolute Gasteiger partial charge is 0.325 e. The summed E-state index contributed by atoms with van der Waals surface area (Å²) < 4.78 is 0. The van der Waals surface area contributed by atoms with Crippen LogP contribution in [0.5, 0.6) is 5.75 Å². The number of hydrogen-bond acceptors (Lipinski definition) is 22. The second-order valence-corrected chi connectivity index (χ2v) is 26.1. The monoisotopic (exact) mass is 1510 g/mol. The van der Waals surface area contributed by atoms with Crippen LogP contribution in [0.15, 0.2) is 41.8 Å². The van der Waals surface area contributed by atoms with Crippen molar-refractivity contribution in [2.45, 2.75) is 186 Å². The van der Waals surface area contributed by atoms with Crippen LogP contribution in [-0.4, -0.2) is 245 Å². The molecule has 0 saturated heterocycles. The van der Waals surface area contributed by atoms with Crippen LogP contribution in [0.25, 0.3) is 0 Å². The predicted molar refractivity (Wildman–Crippen MR) is 387 cm³/mol. The van der Waals surface area contributed by atoms with Crippen LogP contribution in [0.3, 0.4) is 0 Å². The van der Waals surface area contributed by atoms with Gasteiger partial charge in [-0.3, -0.25) is 81.7 Å². The van der Waals surface area contributed by atoms with E-state index in [1.165, 1.54) is 83.2 Å². The van der Waals surface area contributed by atoms with Crippen LogP contribution in [-0.2, 0) is 89.6 Å². The lowest BCUT2D eigenvalue weighted by Gasteiger charge is -2.25. The lowest BCUT2D eigenvalue weighted by Crippen LogP contribution is -2.58. The molecule has 0 bridgehead atoms. The highest BCUT2D eigenvalue weighted by Gasteiger charge is 2.34. The number of phenols is 1. The Hall–Kier alpha value is -10.7. The number of imidazole rings is 1. The van der Waals surface area contributed by atoms with E-state index in [0.717, 1.165) is 0 Å². The summed E-state index contributed by atoms with van der Waals surface area (Å²) in [6.45, 7) is 7.59. The topological polar surface area (TPSA) is 639 Å². The van der Waals surface area contributed by atoms with Crippen molar-refractivity contribution in [3.63, 3.8) is 0 Å². The Balaban J connectivity index is 2.16. The lowest BCUT2D eigenvalue weighted by atomic mass is 10.0. The number of carbonyl (C=O) groups is 16. The third kappa shape index (κ3) is 36.6. The summed E-state index contributed by atoms with van der Waals surface area (Å²) in [5.41, 5.74) is 22.9. The van der Waals surface area contributed by atoms with Crippen molar-refractivity contribution in [3.05, 3.63) is 48.0 Å². The molecule has 0 radical (unpaired) electrons. The molecule has 11 atom stereocenters. The Morgan fingerprint density at radius 3 is 1.34 bits per heavy atom. The molecule has 41 heteroatoms. The van der Waals surface area contributed by atoms with Gasteiger partial charge in [0.2, 0.25) is 88.6 Å². The molecule has 0 unspecified atom stereocenters. The van der Waals surface area contributed by atoms with E-state index in [0.29, 0.717) is 42.8 Å². The second-order valence-electron chi connectivity index (χ2n) is 25.1. The van der Waals surface area contributed by atoms with Gasteiger partial charge in [0.05, 0.1) is 32.5 Å². The van der Waals surface area contributed by atoms with Crippen molar-refractivity contribution in [1.82, 2.24) is 89.7 Å². The third-order valence-corrected chi connectivity index (χ3v) is 16.3. The fourth-order valence-corrected chi connectivity index (χ4v) is 10.1. The van der Waals surface area contributed by atoms with E-state index >= 15 is 0 Å². The summed E-state index contributed by atoms with van der Waals surface area (Å²) in [4.78, 5) is 222. The molecular weight excluding hydrogens is 1410 g/mol. The van der Waals surface area contributed by atoms with E-state index in [2.05, 4.69) is 94.7 Å². The number of rotatable bonds is 50. The summed E-state index contributed by atoms with van der Waals surface area (Å²) in [5.74, 6) is -13.8. The quantitative estimate of drug-likeness (QED) is 0.0166. The first kappa shape index (κ1) is 91.4. The van der Waals surface area contributed by atoms with E-state index in [-0.39, 0.29) is 82.1 Å². The first-order valence-corrected chi connectivity index (χ1v) is 35.8. The average Bonchev–Trinajstić information content (AvgIpc) is 1.18. The number of unbranched alkanes of at least 4 members (excludes halogenated alkanes) is 2. The standard InChI is InChI=1S/C65H106N22O18S/c1-34(2)53(81-39(7)88)63(103)86-43(14-9-11-22-66)57(97)74-29-49(90)73-32-52(93)83-48(27-41-28-70-33-76-41)62(102)79-37(5)56(96)84-44(15-10-12-23-67)61(101)87-47(26-40-17-19-42(89)20-18-40)58(98)75-30-50(91)72-31-51(92)82-46(21-25-106-8)60(100)78-35(3)54(94)77-36(4)55(95)85-45(16-13-24-71-65(68)69)59(99)80-38(6)64(104)105/h17-20,28,33-38,43-48,53,89H,9-16,21-27,29-32,66-67H2,1-8H3,(H,70,76)(H,72,91)(H,73,90)(H,74,97)(H,75,98)(H,77,94)(H,78,100)(H,79,102)(H,80,99)(H,81,88)(H,82,92)(H,83,93)(H,84,96)(H,85,95)(H,86,103)(H,87,101)(H,104,105)(H4,68,69,71)/t35-,36-,37-,38-,43-,44-,45-,46-,47-,48-,53-/m0/s1. The number of benzene rings is 1. The zero-order valence-electron chi connectivity index (χ0n) is 60.9. The number of aromatic nitrogens is 2. The number of hydrogen-bond donors (Lipinski definition) is 22. The molecule has 0 aliphatic heterocycles. The van der Waals surface area contributed by atoms with Gasteiger partial charge in [-0.2, -0.15) is 11.8 Å². The van der Waals surface area contributed by atoms with Crippen LogP contribution < -0.4 is 103 Å². The van der Waals surface area contributed by atoms with Gasteiger partial charge in [0.1, 0.15) is 72.2 Å².